The number of carbonyl (C=O) groups is 5. The smallest absolute Gasteiger partial charge is 0.350 e. The van der Waals surface area contributed by atoms with Crippen LogP contribution in [0.15, 0.2) is 9.81 Å². The summed E-state index contributed by atoms with van der Waals surface area (Å²) in [5.41, 5.74) is -1.48. The summed E-state index contributed by atoms with van der Waals surface area (Å²) in [5.74, 6) is -3.80. The van der Waals surface area contributed by atoms with Crippen LogP contribution in [0, 0.1) is 11.3 Å². The van der Waals surface area contributed by atoms with Crippen LogP contribution in [-0.2, 0) is 52.4 Å². The number of nitriles is 1. The van der Waals surface area contributed by atoms with Crippen molar-refractivity contribution >= 4 is 53.4 Å². The van der Waals surface area contributed by atoms with E-state index in [2.05, 4.69) is 0 Å². The molecule has 1 aliphatic rings. The second-order valence-electron chi connectivity index (χ2n) is 6.88. The molecule has 0 unspecified atom stereocenters. The Kier molecular flexibility index (Phi) is 12.6. The van der Waals surface area contributed by atoms with Gasteiger partial charge in [-0.3, -0.25) is 19.2 Å². The van der Waals surface area contributed by atoms with Crippen LogP contribution < -0.4 is 0 Å². The molecule has 194 valence electrons. The van der Waals surface area contributed by atoms with Crippen molar-refractivity contribution in [1.82, 2.24) is 0 Å². The van der Waals surface area contributed by atoms with E-state index in [1.807, 2.05) is 0 Å². The zero-order chi connectivity index (χ0) is 26.7. The lowest BCUT2D eigenvalue weighted by Crippen LogP contribution is -2.61. The van der Waals surface area contributed by atoms with Crippen molar-refractivity contribution < 1.29 is 52.4 Å². The van der Waals surface area contributed by atoms with Crippen molar-refractivity contribution in [3.63, 3.8) is 0 Å². The van der Waals surface area contributed by atoms with Crippen molar-refractivity contribution in [1.29, 1.82) is 5.26 Å². The van der Waals surface area contributed by atoms with Crippen LogP contribution in [0.1, 0.15) is 34.6 Å². The average molecular weight is 534 g/mol. The molecule has 0 aromatic rings. The van der Waals surface area contributed by atoms with Gasteiger partial charge in [-0.2, -0.15) is 5.26 Å². The third-order valence-corrected chi connectivity index (χ3v) is 6.55. The lowest BCUT2D eigenvalue weighted by molar-refractivity contribution is -0.237. The predicted octanol–water partition coefficient (Wildman–Crippen LogP) is 1.46. The Labute approximate surface area is 210 Å². The van der Waals surface area contributed by atoms with Gasteiger partial charge >= 0.3 is 29.8 Å². The van der Waals surface area contributed by atoms with Crippen LogP contribution in [0.5, 0.6) is 0 Å². The van der Waals surface area contributed by atoms with E-state index in [0.29, 0.717) is 0 Å². The Hall–Kier alpha value is -2.76. The van der Waals surface area contributed by atoms with E-state index in [1.54, 1.807) is 19.2 Å². The molecule has 0 N–H and O–H groups in total. The van der Waals surface area contributed by atoms with Crippen molar-refractivity contribution in [2.75, 3.05) is 19.5 Å². The van der Waals surface area contributed by atoms with Crippen LogP contribution in [-0.4, -0.2) is 79.2 Å². The Balaban J connectivity index is 3.57. The monoisotopic (exact) mass is 533 g/mol. The maximum absolute atomic E-state index is 12.3. The van der Waals surface area contributed by atoms with Crippen LogP contribution >= 0.6 is 23.5 Å². The number of rotatable bonds is 10. The molecule has 1 aliphatic heterocycles. The molecule has 1 heterocycles. The molecule has 14 heteroatoms. The van der Waals surface area contributed by atoms with E-state index in [0.717, 1.165) is 51.2 Å². The van der Waals surface area contributed by atoms with E-state index < -0.39 is 66.3 Å². The van der Waals surface area contributed by atoms with E-state index in [9.17, 15) is 29.2 Å². The number of hydrogen-bond acceptors (Lipinski definition) is 14. The van der Waals surface area contributed by atoms with Gasteiger partial charge < -0.3 is 28.4 Å². The summed E-state index contributed by atoms with van der Waals surface area (Å²) >= 11 is 1.88. The quantitative estimate of drug-likeness (QED) is 0.171. The third kappa shape index (κ3) is 9.42. The van der Waals surface area contributed by atoms with E-state index in [4.69, 9.17) is 28.4 Å². The number of carbonyl (C=O) groups excluding carboxylic acids is 5. The van der Waals surface area contributed by atoms with E-state index in [1.165, 1.54) is 0 Å². The Morgan fingerprint density at radius 3 is 1.86 bits per heavy atom. The second kappa shape index (κ2) is 14.6. The summed E-state index contributed by atoms with van der Waals surface area (Å²) in [7, 11) is 0. The normalized spacial score (nSPS) is 24.2. The van der Waals surface area contributed by atoms with Gasteiger partial charge in [0.25, 0.3) is 0 Å². The zero-order valence-electron chi connectivity index (χ0n) is 20.1. The minimum atomic E-state index is -1.36. The van der Waals surface area contributed by atoms with E-state index in [-0.39, 0.29) is 16.4 Å². The number of hydrogen-bond donors (Lipinski definition) is 0. The average Bonchev–Trinajstić information content (AvgIpc) is 2.75. The fourth-order valence-electron chi connectivity index (χ4n) is 2.98. The molecule has 5 atom stereocenters. The highest BCUT2D eigenvalue weighted by molar-refractivity contribution is 8.22. The van der Waals surface area contributed by atoms with Crippen LogP contribution in [0.4, 0.5) is 0 Å². The second-order valence-corrected chi connectivity index (χ2v) is 9.07. The standard InChI is InChI=1S/C21H27NO11S2/c1-7-28-19(27)14(8-22)21(34-6)35-20-18(32-13(5)26)17(31-12(4)25)16(30-11(3)24)15(33-20)9-29-10(2)23/h15-18,20H,7,9H2,1-6H3/b21-14-/t15-,16-,17+,18-,20+/m1/s1. The van der Waals surface area contributed by atoms with Gasteiger partial charge in [-0.15, -0.1) is 11.8 Å². The van der Waals surface area contributed by atoms with Crippen LogP contribution in [0.3, 0.4) is 0 Å². The molecular formula is C21H27NO11S2. The SMILES string of the molecule is CCOC(=O)/C(C#N)=C(/SC)S[C@@H]1O[C@H](COC(C)=O)[C@@H](OC(C)=O)[C@H](OC(C)=O)[C@H]1OC(C)=O. The van der Waals surface area contributed by atoms with Gasteiger partial charge in [-0.25, -0.2) is 4.79 Å². The first kappa shape index (κ1) is 30.3. The first-order chi connectivity index (χ1) is 16.4. The van der Waals surface area contributed by atoms with Crippen molar-refractivity contribution in [2.24, 2.45) is 0 Å². The lowest BCUT2D eigenvalue weighted by atomic mass is 9.99. The first-order valence-electron chi connectivity index (χ1n) is 10.3. The van der Waals surface area contributed by atoms with E-state index >= 15 is 0 Å². The van der Waals surface area contributed by atoms with Crippen LogP contribution in [0.2, 0.25) is 0 Å². The summed E-state index contributed by atoms with van der Waals surface area (Å²) < 4.78 is 32.1. The molecule has 0 aromatic heterocycles. The van der Waals surface area contributed by atoms with Gasteiger partial charge in [0.2, 0.25) is 0 Å². The topological polar surface area (TPSA) is 165 Å². The maximum atomic E-state index is 12.3. The molecule has 0 saturated carbocycles. The van der Waals surface area contributed by atoms with Crippen molar-refractivity contribution in [2.45, 2.75) is 64.5 Å². The Morgan fingerprint density at radius 1 is 0.857 bits per heavy atom. The summed E-state index contributed by atoms with van der Waals surface area (Å²) in [6.07, 6.45) is -3.54. The largest absolute Gasteiger partial charge is 0.463 e. The Bertz CT molecular complexity index is 898. The molecule has 35 heavy (non-hydrogen) atoms. The fraction of sp³-hybridized carbons (Fsp3) is 0.619. The molecule has 0 aliphatic carbocycles. The van der Waals surface area contributed by atoms with Gasteiger partial charge in [-0.05, 0) is 13.2 Å². The van der Waals surface area contributed by atoms with Crippen LogP contribution in [0.25, 0.3) is 0 Å². The number of ether oxygens (including phenoxy) is 6. The molecule has 0 spiro atoms. The number of nitrogens with zero attached hydrogens (tertiary/aromatic N) is 1. The Morgan fingerprint density at radius 2 is 1.40 bits per heavy atom. The molecule has 1 fully saturated rings. The molecule has 0 radical (unpaired) electrons. The molecular weight excluding hydrogens is 506 g/mol. The zero-order valence-corrected chi connectivity index (χ0v) is 21.7. The van der Waals surface area contributed by atoms with Crippen molar-refractivity contribution in [3.8, 4) is 6.07 Å². The summed E-state index contributed by atoms with van der Waals surface area (Å²) in [4.78, 5) is 59.3. The fourth-order valence-corrected chi connectivity index (χ4v) is 4.98. The van der Waals surface area contributed by atoms with Gasteiger partial charge in [0.15, 0.2) is 23.9 Å². The minimum Gasteiger partial charge on any atom is -0.463 e. The maximum Gasteiger partial charge on any atom is 0.350 e. The van der Waals surface area contributed by atoms with Gasteiger partial charge in [0, 0.05) is 27.7 Å². The third-order valence-electron chi connectivity index (χ3n) is 4.15. The molecule has 0 amide bonds. The highest BCUT2D eigenvalue weighted by Crippen LogP contribution is 2.41. The van der Waals surface area contributed by atoms with Gasteiger partial charge in [0.1, 0.15) is 24.2 Å². The van der Waals surface area contributed by atoms with Gasteiger partial charge in [0.05, 0.1) is 10.8 Å². The van der Waals surface area contributed by atoms with Gasteiger partial charge in [-0.1, -0.05) is 11.8 Å². The first-order valence-corrected chi connectivity index (χ1v) is 12.4. The molecule has 0 bridgehead atoms. The summed E-state index contributed by atoms with van der Waals surface area (Å²) in [5, 5.41) is 9.53. The number of esters is 5. The predicted molar refractivity (Wildman–Crippen MR) is 122 cm³/mol. The molecule has 1 rings (SSSR count). The molecule has 12 nitrogen and oxygen atoms in total. The minimum absolute atomic E-state index is 0.0371. The highest BCUT2D eigenvalue weighted by atomic mass is 32.2. The van der Waals surface area contributed by atoms with Crippen molar-refractivity contribution in [3.05, 3.63) is 9.81 Å². The number of thioether (sulfide) groups is 2. The summed E-state index contributed by atoms with van der Waals surface area (Å²) in [6.45, 7) is 5.72. The highest BCUT2D eigenvalue weighted by Gasteiger charge is 2.52. The summed E-state index contributed by atoms with van der Waals surface area (Å²) in [6, 6.07) is 1.79. The molecule has 0 aromatic carbocycles. The lowest BCUT2D eigenvalue weighted by Gasteiger charge is -2.44. The molecule has 1 saturated heterocycles.